The van der Waals surface area contributed by atoms with Gasteiger partial charge >= 0.3 is 0 Å². The maximum Gasteiger partial charge on any atom is 0.240 e. The quantitative estimate of drug-likeness (QED) is 0.867. The molecule has 0 aromatic carbocycles. The van der Waals surface area contributed by atoms with Crippen LogP contribution in [0.3, 0.4) is 0 Å². The van der Waals surface area contributed by atoms with Gasteiger partial charge < -0.3 is 15.2 Å². The molecule has 1 unspecified atom stereocenters. The SMILES string of the molecule is COc1cnc(C(N)Cc2cccnc2)c(OC)n1. The highest BCUT2D eigenvalue weighted by Gasteiger charge is 2.16. The van der Waals surface area contributed by atoms with Crippen LogP contribution < -0.4 is 15.2 Å². The first kappa shape index (κ1) is 13.2. The number of methoxy groups -OCH3 is 2. The van der Waals surface area contributed by atoms with E-state index in [4.69, 9.17) is 15.2 Å². The van der Waals surface area contributed by atoms with Crippen molar-refractivity contribution < 1.29 is 9.47 Å². The molecule has 0 fully saturated rings. The normalized spacial score (nSPS) is 11.9. The van der Waals surface area contributed by atoms with Crippen LogP contribution in [0.1, 0.15) is 17.3 Å². The number of hydrogen-bond acceptors (Lipinski definition) is 6. The third kappa shape index (κ3) is 3.17. The number of nitrogens with zero attached hydrogens (tertiary/aromatic N) is 3. The molecule has 19 heavy (non-hydrogen) atoms. The zero-order valence-electron chi connectivity index (χ0n) is 10.9. The molecule has 0 aliphatic carbocycles. The smallest absolute Gasteiger partial charge is 0.240 e. The Hall–Kier alpha value is -2.21. The summed E-state index contributed by atoms with van der Waals surface area (Å²) >= 11 is 0. The van der Waals surface area contributed by atoms with Gasteiger partial charge in [-0.2, -0.15) is 4.98 Å². The molecule has 0 aliphatic rings. The molecule has 2 rings (SSSR count). The molecule has 0 saturated carbocycles. The van der Waals surface area contributed by atoms with E-state index in [9.17, 15) is 0 Å². The molecular weight excluding hydrogens is 244 g/mol. The summed E-state index contributed by atoms with van der Waals surface area (Å²) in [5.74, 6) is 0.782. The summed E-state index contributed by atoms with van der Waals surface area (Å²) in [6, 6.07) is 3.53. The van der Waals surface area contributed by atoms with Gasteiger partial charge in [-0.05, 0) is 18.1 Å². The molecule has 2 aromatic heterocycles. The van der Waals surface area contributed by atoms with Gasteiger partial charge in [0.2, 0.25) is 11.8 Å². The van der Waals surface area contributed by atoms with E-state index in [1.165, 1.54) is 20.4 Å². The summed E-state index contributed by atoms with van der Waals surface area (Å²) in [4.78, 5) is 12.5. The second-order valence-corrected chi connectivity index (χ2v) is 3.98. The van der Waals surface area contributed by atoms with Crippen molar-refractivity contribution in [3.63, 3.8) is 0 Å². The first-order valence-electron chi connectivity index (χ1n) is 5.84. The third-order valence-electron chi connectivity index (χ3n) is 2.68. The maximum atomic E-state index is 6.14. The van der Waals surface area contributed by atoms with E-state index >= 15 is 0 Å². The second-order valence-electron chi connectivity index (χ2n) is 3.98. The Bertz CT molecular complexity index is 533. The fraction of sp³-hybridized carbons (Fsp3) is 0.308. The van der Waals surface area contributed by atoms with E-state index in [1.54, 1.807) is 12.4 Å². The van der Waals surface area contributed by atoms with E-state index in [0.29, 0.717) is 23.9 Å². The first-order valence-corrected chi connectivity index (χ1v) is 5.84. The zero-order valence-corrected chi connectivity index (χ0v) is 10.9. The minimum absolute atomic E-state index is 0.308. The largest absolute Gasteiger partial charge is 0.480 e. The van der Waals surface area contributed by atoms with E-state index in [1.807, 2.05) is 12.1 Å². The Morgan fingerprint density at radius 1 is 1.26 bits per heavy atom. The lowest BCUT2D eigenvalue weighted by atomic mass is 10.1. The lowest BCUT2D eigenvalue weighted by molar-refractivity contribution is 0.353. The Kier molecular flexibility index (Phi) is 4.25. The van der Waals surface area contributed by atoms with Crippen molar-refractivity contribution in [2.45, 2.75) is 12.5 Å². The van der Waals surface area contributed by atoms with Crippen molar-refractivity contribution >= 4 is 0 Å². The summed E-state index contributed by atoms with van der Waals surface area (Å²) in [5.41, 5.74) is 7.78. The van der Waals surface area contributed by atoms with Gasteiger partial charge in [-0.15, -0.1) is 0 Å². The topological polar surface area (TPSA) is 83.2 Å². The molecule has 2 N–H and O–H groups in total. The molecule has 2 aromatic rings. The number of hydrogen-bond donors (Lipinski definition) is 1. The predicted octanol–water partition coefficient (Wildman–Crippen LogP) is 1.13. The van der Waals surface area contributed by atoms with Gasteiger partial charge in [0.05, 0.1) is 26.5 Å². The van der Waals surface area contributed by atoms with Crippen LogP contribution in [0.4, 0.5) is 0 Å². The van der Waals surface area contributed by atoms with Crippen LogP contribution in [-0.4, -0.2) is 29.2 Å². The van der Waals surface area contributed by atoms with Crippen LogP contribution in [-0.2, 0) is 6.42 Å². The number of rotatable bonds is 5. The van der Waals surface area contributed by atoms with Crippen molar-refractivity contribution in [1.29, 1.82) is 0 Å². The third-order valence-corrected chi connectivity index (χ3v) is 2.68. The van der Waals surface area contributed by atoms with E-state index in [-0.39, 0.29) is 6.04 Å². The number of pyridine rings is 1. The lowest BCUT2D eigenvalue weighted by Gasteiger charge is -2.14. The molecule has 0 saturated heterocycles. The second kappa shape index (κ2) is 6.10. The van der Waals surface area contributed by atoms with Crippen LogP contribution in [0, 0.1) is 0 Å². The standard InChI is InChI=1S/C13H16N4O2/c1-18-11-8-16-12(13(17-11)19-2)10(14)6-9-4-3-5-15-7-9/h3-5,7-8,10H,6,14H2,1-2H3. The van der Waals surface area contributed by atoms with Crippen LogP contribution in [0.2, 0.25) is 0 Å². The molecular formula is C13H16N4O2. The molecule has 6 heteroatoms. The lowest BCUT2D eigenvalue weighted by Crippen LogP contribution is -2.17. The average molecular weight is 260 g/mol. The van der Waals surface area contributed by atoms with E-state index in [2.05, 4.69) is 15.0 Å². The fourth-order valence-electron chi connectivity index (χ4n) is 1.74. The molecule has 0 radical (unpaired) electrons. The fourth-order valence-corrected chi connectivity index (χ4v) is 1.74. The Morgan fingerprint density at radius 3 is 2.74 bits per heavy atom. The van der Waals surface area contributed by atoms with Crippen LogP contribution in [0.25, 0.3) is 0 Å². The molecule has 0 amide bonds. The Morgan fingerprint density at radius 2 is 2.11 bits per heavy atom. The Labute approximate surface area is 111 Å². The first-order chi connectivity index (χ1) is 9.24. The summed E-state index contributed by atoms with van der Waals surface area (Å²) < 4.78 is 10.2. The van der Waals surface area contributed by atoms with Gasteiger partial charge in [-0.1, -0.05) is 6.07 Å². The highest BCUT2D eigenvalue weighted by atomic mass is 16.5. The predicted molar refractivity (Wildman–Crippen MR) is 70.0 cm³/mol. The zero-order chi connectivity index (χ0) is 13.7. The van der Waals surface area contributed by atoms with Gasteiger partial charge in [0.25, 0.3) is 0 Å². The van der Waals surface area contributed by atoms with Crippen molar-refractivity contribution in [2.24, 2.45) is 5.73 Å². The van der Waals surface area contributed by atoms with Crippen LogP contribution in [0.5, 0.6) is 11.8 Å². The van der Waals surface area contributed by atoms with Gasteiger partial charge in [0.15, 0.2) is 0 Å². The summed E-state index contributed by atoms with van der Waals surface area (Å²) in [6.45, 7) is 0. The molecule has 100 valence electrons. The van der Waals surface area contributed by atoms with Crippen molar-refractivity contribution in [1.82, 2.24) is 15.0 Å². The number of ether oxygens (including phenoxy) is 2. The molecule has 1 atom stereocenters. The monoisotopic (exact) mass is 260 g/mol. The minimum Gasteiger partial charge on any atom is -0.480 e. The molecule has 0 spiro atoms. The highest BCUT2D eigenvalue weighted by molar-refractivity contribution is 5.27. The van der Waals surface area contributed by atoms with E-state index in [0.717, 1.165) is 5.56 Å². The molecule has 0 bridgehead atoms. The van der Waals surface area contributed by atoms with Gasteiger partial charge in [-0.25, -0.2) is 4.98 Å². The molecule has 0 aliphatic heterocycles. The van der Waals surface area contributed by atoms with E-state index < -0.39 is 0 Å². The molecule has 2 heterocycles. The number of aromatic nitrogens is 3. The van der Waals surface area contributed by atoms with Crippen LogP contribution in [0.15, 0.2) is 30.7 Å². The highest BCUT2D eigenvalue weighted by Crippen LogP contribution is 2.23. The maximum absolute atomic E-state index is 6.14. The number of nitrogens with two attached hydrogens (primary N) is 1. The summed E-state index contributed by atoms with van der Waals surface area (Å²) in [5, 5.41) is 0. The summed E-state index contributed by atoms with van der Waals surface area (Å²) in [6.07, 6.45) is 5.65. The molecule has 6 nitrogen and oxygen atoms in total. The van der Waals surface area contributed by atoms with Gasteiger partial charge in [0, 0.05) is 12.4 Å². The van der Waals surface area contributed by atoms with Crippen molar-refractivity contribution in [2.75, 3.05) is 14.2 Å². The van der Waals surface area contributed by atoms with Crippen molar-refractivity contribution in [3.8, 4) is 11.8 Å². The van der Waals surface area contributed by atoms with Crippen LogP contribution >= 0.6 is 0 Å². The summed E-state index contributed by atoms with van der Waals surface area (Å²) in [7, 11) is 3.06. The minimum atomic E-state index is -0.308. The van der Waals surface area contributed by atoms with Gasteiger partial charge in [0.1, 0.15) is 5.69 Å². The average Bonchev–Trinajstić information content (AvgIpc) is 2.47. The Balaban J connectivity index is 2.21. The van der Waals surface area contributed by atoms with Gasteiger partial charge in [-0.3, -0.25) is 4.98 Å². The van der Waals surface area contributed by atoms with Crippen molar-refractivity contribution in [3.05, 3.63) is 42.0 Å².